The molecule has 0 saturated carbocycles. The van der Waals surface area contributed by atoms with Gasteiger partial charge in [0.25, 0.3) is 0 Å². The van der Waals surface area contributed by atoms with Crippen molar-refractivity contribution in [2.75, 3.05) is 27.8 Å². The number of anilines is 7. The number of para-hydroxylation sites is 1. The van der Waals surface area contributed by atoms with Crippen molar-refractivity contribution in [2.45, 2.75) is 47.0 Å². The molecule has 0 fully saturated rings. The van der Waals surface area contributed by atoms with Crippen LogP contribution < -0.4 is 14.7 Å². The first-order chi connectivity index (χ1) is 23.3. The molecule has 6 aromatic rings. The third-order valence-corrected chi connectivity index (χ3v) is 9.91. The number of hydrogen-bond donors (Lipinski definition) is 0. The van der Waals surface area contributed by atoms with Gasteiger partial charge in [-0.15, -0.1) is 0 Å². The van der Waals surface area contributed by atoms with E-state index >= 15 is 0 Å². The molecule has 3 nitrogen and oxygen atoms in total. The predicted molar refractivity (Wildman–Crippen MR) is 206 cm³/mol. The lowest BCUT2D eigenvalue weighted by atomic mass is 9.82. The average molecular weight is 628 g/mol. The minimum atomic E-state index is -0.188. The first-order valence-electron chi connectivity index (χ1n) is 17.2. The molecule has 0 amide bonds. The molecule has 7 rings (SSSR count). The van der Waals surface area contributed by atoms with Crippen molar-refractivity contribution < 1.29 is 0 Å². The Balaban J connectivity index is 1.34. The molecule has 48 heavy (non-hydrogen) atoms. The highest BCUT2D eigenvalue weighted by atomic mass is 15.2. The molecule has 3 heteroatoms. The summed E-state index contributed by atoms with van der Waals surface area (Å²) in [7, 11) is 0. The normalized spacial score (nSPS) is 12.7. The van der Waals surface area contributed by atoms with Crippen LogP contribution in [-0.4, -0.2) is 13.1 Å². The standard InChI is InChI=1S/C45H45N3/c1-7-46(8-2)35-19-14-22-38(29-35)48(37-21-13-16-33(4)28-37)40-24-26-42-41-25-23-39(30-43(41)45(5,6)44(42)31-40)47(34-17-10-9-11-18-34)36-20-12-15-32(3)27-36/h9-31H,7-8H2,1-6H3. The van der Waals surface area contributed by atoms with Crippen LogP contribution in [0.4, 0.5) is 39.8 Å². The van der Waals surface area contributed by atoms with Crippen LogP contribution >= 0.6 is 0 Å². The smallest absolute Gasteiger partial charge is 0.0482 e. The van der Waals surface area contributed by atoms with Gasteiger partial charge in [-0.1, -0.05) is 74.5 Å². The quantitative estimate of drug-likeness (QED) is 0.158. The van der Waals surface area contributed by atoms with Crippen molar-refractivity contribution in [3.63, 3.8) is 0 Å². The summed E-state index contributed by atoms with van der Waals surface area (Å²) in [5.74, 6) is 0. The number of nitrogens with zero attached hydrogens (tertiary/aromatic N) is 3. The zero-order valence-electron chi connectivity index (χ0n) is 29.0. The number of rotatable bonds is 9. The third kappa shape index (κ3) is 5.64. The van der Waals surface area contributed by atoms with Crippen molar-refractivity contribution in [3.05, 3.63) is 162 Å². The Morgan fingerprint density at radius 1 is 0.417 bits per heavy atom. The lowest BCUT2D eigenvalue weighted by molar-refractivity contribution is 0.660. The largest absolute Gasteiger partial charge is 0.372 e. The lowest BCUT2D eigenvalue weighted by Gasteiger charge is -2.30. The summed E-state index contributed by atoms with van der Waals surface area (Å²) in [6.45, 7) is 15.5. The van der Waals surface area contributed by atoms with Gasteiger partial charge in [0.1, 0.15) is 0 Å². The van der Waals surface area contributed by atoms with Gasteiger partial charge >= 0.3 is 0 Å². The Bertz CT molecular complexity index is 2070. The zero-order valence-corrected chi connectivity index (χ0v) is 29.0. The van der Waals surface area contributed by atoms with Crippen LogP contribution in [0.15, 0.2) is 140 Å². The summed E-state index contributed by atoms with van der Waals surface area (Å²) in [5.41, 5.74) is 15.9. The summed E-state index contributed by atoms with van der Waals surface area (Å²) in [4.78, 5) is 7.20. The Kier molecular flexibility index (Phi) is 8.31. The van der Waals surface area contributed by atoms with E-state index in [4.69, 9.17) is 0 Å². The van der Waals surface area contributed by atoms with Gasteiger partial charge in [-0.25, -0.2) is 0 Å². The second kappa shape index (κ2) is 12.7. The molecule has 0 aliphatic heterocycles. The van der Waals surface area contributed by atoms with Gasteiger partial charge < -0.3 is 14.7 Å². The van der Waals surface area contributed by atoms with Crippen LogP contribution in [0.25, 0.3) is 11.1 Å². The van der Waals surface area contributed by atoms with E-state index in [9.17, 15) is 0 Å². The number of aryl methyl sites for hydroxylation is 2. The Hall–Kier alpha value is -5.28. The van der Waals surface area contributed by atoms with Crippen LogP contribution in [0, 0.1) is 13.8 Å². The summed E-state index contributed by atoms with van der Waals surface area (Å²) in [6, 6.07) is 51.4. The molecular formula is C45H45N3. The molecule has 240 valence electrons. The second-order valence-electron chi connectivity index (χ2n) is 13.5. The van der Waals surface area contributed by atoms with Gasteiger partial charge in [0.2, 0.25) is 0 Å². The zero-order chi connectivity index (χ0) is 33.4. The van der Waals surface area contributed by atoms with Crippen LogP contribution in [-0.2, 0) is 5.41 Å². The molecule has 0 heterocycles. The van der Waals surface area contributed by atoms with Crippen LogP contribution in [0.2, 0.25) is 0 Å². The van der Waals surface area contributed by atoms with E-state index in [2.05, 4.69) is 196 Å². The Labute approximate surface area is 286 Å². The highest BCUT2D eigenvalue weighted by Crippen LogP contribution is 2.52. The maximum Gasteiger partial charge on any atom is 0.0482 e. The van der Waals surface area contributed by atoms with Crippen molar-refractivity contribution in [2.24, 2.45) is 0 Å². The SMILES string of the molecule is CCN(CC)c1cccc(N(c2cccc(C)c2)c2ccc3c(c2)C(C)(C)c2cc(N(c4ccccc4)c4cccc(C)c4)ccc2-3)c1. The molecule has 0 N–H and O–H groups in total. The van der Waals surface area contributed by atoms with Crippen molar-refractivity contribution in [3.8, 4) is 11.1 Å². The second-order valence-corrected chi connectivity index (χ2v) is 13.5. The van der Waals surface area contributed by atoms with E-state index in [0.717, 1.165) is 30.2 Å². The van der Waals surface area contributed by atoms with E-state index in [0.29, 0.717) is 0 Å². The third-order valence-electron chi connectivity index (χ3n) is 9.91. The van der Waals surface area contributed by atoms with Gasteiger partial charge in [-0.2, -0.15) is 0 Å². The summed E-state index contributed by atoms with van der Waals surface area (Å²) in [5, 5.41) is 0. The topological polar surface area (TPSA) is 9.72 Å². The van der Waals surface area contributed by atoms with E-state index in [-0.39, 0.29) is 5.41 Å². The maximum atomic E-state index is 2.43. The number of benzene rings is 6. The van der Waals surface area contributed by atoms with Crippen molar-refractivity contribution >= 4 is 39.8 Å². The minimum Gasteiger partial charge on any atom is -0.372 e. The van der Waals surface area contributed by atoms with Crippen LogP contribution in [0.1, 0.15) is 49.9 Å². The molecule has 0 spiro atoms. The van der Waals surface area contributed by atoms with Crippen molar-refractivity contribution in [1.82, 2.24) is 0 Å². The van der Waals surface area contributed by atoms with Crippen LogP contribution in [0.3, 0.4) is 0 Å². The summed E-state index contributed by atoms with van der Waals surface area (Å²) >= 11 is 0. The predicted octanol–water partition coefficient (Wildman–Crippen LogP) is 12.4. The van der Waals surface area contributed by atoms with Gasteiger partial charge in [-0.05, 0) is 140 Å². The van der Waals surface area contributed by atoms with Gasteiger partial charge in [0.05, 0.1) is 0 Å². The fraction of sp³-hybridized carbons (Fsp3) is 0.200. The molecule has 6 aromatic carbocycles. The first kappa shape index (κ1) is 31.3. The van der Waals surface area contributed by atoms with Crippen molar-refractivity contribution in [1.29, 1.82) is 0 Å². The summed E-state index contributed by atoms with van der Waals surface area (Å²) < 4.78 is 0. The monoisotopic (exact) mass is 627 g/mol. The lowest BCUT2D eigenvalue weighted by Crippen LogP contribution is -2.22. The molecule has 0 bridgehead atoms. The number of hydrogen-bond acceptors (Lipinski definition) is 3. The average Bonchev–Trinajstić information content (AvgIpc) is 3.32. The highest BCUT2D eigenvalue weighted by molar-refractivity contribution is 5.88. The molecule has 0 unspecified atom stereocenters. The van der Waals surface area contributed by atoms with E-state index in [1.807, 2.05) is 0 Å². The number of fused-ring (bicyclic) bond motifs is 3. The molecule has 0 atom stereocenters. The first-order valence-corrected chi connectivity index (χ1v) is 17.2. The Morgan fingerprint density at radius 2 is 0.833 bits per heavy atom. The fourth-order valence-corrected chi connectivity index (χ4v) is 7.41. The van der Waals surface area contributed by atoms with Crippen LogP contribution in [0.5, 0.6) is 0 Å². The summed E-state index contributed by atoms with van der Waals surface area (Å²) in [6.07, 6.45) is 0. The molecule has 1 aliphatic rings. The van der Waals surface area contributed by atoms with E-state index < -0.39 is 0 Å². The van der Waals surface area contributed by atoms with E-state index in [1.165, 1.54) is 56.1 Å². The molecule has 1 aliphatic carbocycles. The molecule has 0 aromatic heterocycles. The van der Waals surface area contributed by atoms with Gasteiger partial charge in [0, 0.05) is 58.3 Å². The highest BCUT2D eigenvalue weighted by Gasteiger charge is 2.37. The minimum absolute atomic E-state index is 0.188. The molecule has 0 saturated heterocycles. The van der Waals surface area contributed by atoms with E-state index in [1.54, 1.807) is 0 Å². The fourth-order valence-electron chi connectivity index (χ4n) is 7.41. The maximum absolute atomic E-state index is 2.43. The van der Waals surface area contributed by atoms with Gasteiger partial charge in [0.15, 0.2) is 0 Å². The molecule has 0 radical (unpaired) electrons. The molecular weight excluding hydrogens is 583 g/mol. The Morgan fingerprint density at radius 3 is 1.33 bits per heavy atom. The van der Waals surface area contributed by atoms with Gasteiger partial charge in [-0.3, -0.25) is 0 Å².